The monoisotopic (exact) mass is 368 g/mol. The van der Waals surface area contributed by atoms with Crippen molar-refractivity contribution < 1.29 is 4.79 Å². The zero-order chi connectivity index (χ0) is 18.8. The summed E-state index contributed by atoms with van der Waals surface area (Å²) in [6.07, 6.45) is 4.03. The topological polar surface area (TPSA) is 56.7 Å². The van der Waals surface area contributed by atoms with E-state index in [1.807, 2.05) is 0 Å². The highest BCUT2D eigenvalue weighted by Gasteiger charge is 2.55. The SMILES string of the molecule is CCNC(=NCC1C2Cc3ccccc3C12)N1CCC(CC(=O)NC)CC1. The van der Waals surface area contributed by atoms with Gasteiger partial charge in [-0.15, -0.1) is 0 Å². The number of benzene rings is 1. The average molecular weight is 369 g/mol. The van der Waals surface area contributed by atoms with E-state index in [1.54, 1.807) is 18.2 Å². The van der Waals surface area contributed by atoms with E-state index in [4.69, 9.17) is 4.99 Å². The van der Waals surface area contributed by atoms with Crippen LogP contribution in [-0.2, 0) is 11.2 Å². The first-order valence-corrected chi connectivity index (χ1v) is 10.5. The molecule has 1 aromatic rings. The number of carbonyl (C=O) groups is 1. The fourth-order valence-electron chi connectivity index (χ4n) is 5.06. The summed E-state index contributed by atoms with van der Waals surface area (Å²) >= 11 is 0. The molecule has 1 aromatic carbocycles. The summed E-state index contributed by atoms with van der Waals surface area (Å²) in [5, 5.41) is 6.23. The summed E-state index contributed by atoms with van der Waals surface area (Å²) in [6.45, 7) is 5.96. The van der Waals surface area contributed by atoms with E-state index in [-0.39, 0.29) is 5.91 Å². The number of aliphatic imine (C=N–C) groups is 1. The molecule has 2 N–H and O–H groups in total. The highest BCUT2D eigenvalue weighted by Crippen LogP contribution is 2.61. The van der Waals surface area contributed by atoms with E-state index in [0.717, 1.165) is 62.7 Å². The number of hydrogen-bond donors (Lipinski definition) is 2. The Kier molecular flexibility index (Phi) is 5.37. The van der Waals surface area contributed by atoms with E-state index in [1.165, 1.54) is 6.42 Å². The summed E-state index contributed by atoms with van der Waals surface area (Å²) in [7, 11) is 1.72. The largest absolute Gasteiger partial charge is 0.359 e. The Morgan fingerprint density at radius 3 is 2.78 bits per heavy atom. The first-order valence-electron chi connectivity index (χ1n) is 10.5. The molecule has 1 saturated carbocycles. The highest BCUT2D eigenvalue weighted by atomic mass is 16.1. The lowest BCUT2D eigenvalue weighted by atomic mass is 9.93. The normalized spacial score (nSPS) is 27.1. The fourth-order valence-corrected chi connectivity index (χ4v) is 5.06. The molecule has 1 saturated heterocycles. The molecule has 2 fully saturated rings. The maximum atomic E-state index is 11.6. The number of hydrogen-bond acceptors (Lipinski definition) is 2. The molecule has 4 rings (SSSR count). The molecular formula is C22H32N4O. The van der Waals surface area contributed by atoms with Crippen molar-refractivity contribution in [3.8, 4) is 0 Å². The number of rotatable bonds is 5. The van der Waals surface area contributed by atoms with Crippen LogP contribution in [0.5, 0.6) is 0 Å². The predicted octanol–water partition coefficient (Wildman–Crippen LogP) is 2.39. The summed E-state index contributed by atoms with van der Waals surface area (Å²) in [5.74, 6) is 4.00. The zero-order valence-corrected chi connectivity index (χ0v) is 16.6. The molecule has 1 aliphatic heterocycles. The summed E-state index contributed by atoms with van der Waals surface area (Å²) < 4.78 is 0. The van der Waals surface area contributed by atoms with Crippen LogP contribution in [0, 0.1) is 17.8 Å². The van der Waals surface area contributed by atoms with Crippen molar-refractivity contribution in [3.63, 3.8) is 0 Å². The van der Waals surface area contributed by atoms with Crippen LogP contribution in [0.3, 0.4) is 0 Å². The Balaban J connectivity index is 1.32. The molecule has 0 spiro atoms. The predicted molar refractivity (Wildman–Crippen MR) is 109 cm³/mol. The number of fused-ring (bicyclic) bond motifs is 3. The van der Waals surface area contributed by atoms with Gasteiger partial charge in [-0.1, -0.05) is 24.3 Å². The summed E-state index contributed by atoms with van der Waals surface area (Å²) in [4.78, 5) is 19.0. The van der Waals surface area contributed by atoms with E-state index >= 15 is 0 Å². The first kappa shape index (κ1) is 18.3. The Morgan fingerprint density at radius 2 is 2.04 bits per heavy atom. The van der Waals surface area contributed by atoms with Crippen LogP contribution in [0.2, 0.25) is 0 Å². The average Bonchev–Trinajstić information content (AvgIpc) is 3.23. The second-order valence-electron chi connectivity index (χ2n) is 8.26. The number of amides is 1. The molecule has 0 bridgehead atoms. The minimum absolute atomic E-state index is 0.162. The van der Waals surface area contributed by atoms with Crippen LogP contribution in [0.1, 0.15) is 43.2 Å². The van der Waals surface area contributed by atoms with Crippen molar-refractivity contribution >= 4 is 11.9 Å². The van der Waals surface area contributed by atoms with Gasteiger partial charge in [-0.05, 0) is 61.0 Å². The van der Waals surface area contributed by atoms with Crippen LogP contribution >= 0.6 is 0 Å². The number of nitrogens with zero attached hydrogens (tertiary/aromatic N) is 2. The Morgan fingerprint density at radius 1 is 1.26 bits per heavy atom. The van der Waals surface area contributed by atoms with Gasteiger partial charge >= 0.3 is 0 Å². The maximum Gasteiger partial charge on any atom is 0.220 e. The molecule has 3 atom stereocenters. The van der Waals surface area contributed by atoms with Gasteiger partial charge in [0.25, 0.3) is 0 Å². The molecule has 2 aliphatic carbocycles. The Hall–Kier alpha value is -2.04. The number of nitrogens with one attached hydrogen (secondary N) is 2. The quantitative estimate of drug-likeness (QED) is 0.620. The Bertz CT molecular complexity index is 708. The smallest absolute Gasteiger partial charge is 0.220 e. The highest BCUT2D eigenvalue weighted by molar-refractivity contribution is 5.80. The van der Waals surface area contributed by atoms with Crippen LogP contribution < -0.4 is 10.6 Å². The maximum absolute atomic E-state index is 11.6. The molecule has 0 aromatic heterocycles. The zero-order valence-electron chi connectivity index (χ0n) is 16.6. The van der Waals surface area contributed by atoms with Gasteiger partial charge in [-0.25, -0.2) is 0 Å². The van der Waals surface area contributed by atoms with Crippen molar-refractivity contribution in [2.75, 3.05) is 33.2 Å². The molecule has 3 unspecified atom stereocenters. The second kappa shape index (κ2) is 7.91. The standard InChI is InChI=1S/C22H32N4O/c1-3-24-22(26-10-8-15(9-11-26)12-20(27)23-2)25-14-19-18-13-16-6-4-5-7-17(16)21(18)19/h4-7,15,18-19,21H,3,8-14H2,1-2H3,(H,23,27)(H,24,25). The van der Waals surface area contributed by atoms with Gasteiger partial charge in [-0.3, -0.25) is 9.79 Å². The lowest BCUT2D eigenvalue weighted by Crippen LogP contribution is -2.46. The minimum Gasteiger partial charge on any atom is -0.359 e. The summed E-state index contributed by atoms with van der Waals surface area (Å²) in [6, 6.07) is 8.93. The number of carbonyl (C=O) groups excluding carboxylic acids is 1. The van der Waals surface area contributed by atoms with Gasteiger partial charge in [0.05, 0.1) is 0 Å². The molecule has 27 heavy (non-hydrogen) atoms. The van der Waals surface area contributed by atoms with Crippen LogP contribution in [-0.4, -0.2) is 50.0 Å². The lowest BCUT2D eigenvalue weighted by molar-refractivity contribution is -0.121. The molecule has 146 valence electrons. The van der Waals surface area contributed by atoms with Crippen molar-refractivity contribution in [2.45, 2.75) is 38.5 Å². The van der Waals surface area contributed by atoms with Gasteiger partial charge in [0.2, 0.25) is 5.91 Å². The van der Waals surface area contributed by atoms with Crippen molar-refractivity contribution in [2.24, 2.45) is 22.7 Å². The Labute approximate surface area is 162 Å². The molecule has 1 heterocycles. The third-order valence-corrected chi connectivity index (χ3v) is 6.66. The fraction of sp³-hybridized carbons (Fsp3) is 0.636. The molecule has 3 aliphatic rings. The van der Waals surface area contributed by atoms with Crippen LogP contribution in [0.25, 0.3) is 0 Å². The van der Waals surface area contributed by atoms with E-state index in [9.17, 15) is 4.79 Å². The number of guanidine groups is 1. The molecule has 1 amide bonds. The number of piperidine rings is 1. The first-order chi connectivity index (χ1) is 13.2. The van der Waals surface area contributed by atoms with Crippen LogP contribution in [0.4, 0.5) is 0 Å². The van der Waals surface area contributed by atoms with Crippen LogP contribution in [0.15, 0.2) is 29.3 Å². The van der Waals surface area contributed by atoms with Gasteiger partial charge in [0.15, 0.2) is 5.96 Å². The second-order valence-corrected chi connectivity index (χ2v) is 8.26. The van der Waals surface area contributed by atoms with Gasteiger partial charge in [-0.2, -0.15) is 0 Å². The molecule has 5 heteroatoms. The third-order valence-electron chi connectivity index (χ3n) is 6.66. The molecular weight excluding hydrogens is 336 g/mol. The lowest BCUT2D eigenvalue weighted by Gasteiger charge is -2.34. The number of likely N-dealkylation sites (tertiary alicyclic amines) is 1. The van der Waals surface area contributed by atoms with Crippen molar-refractivity contribution in [3.05, 3.63) is 35.4 Å². The van der Waals surface area contributed by atoms with Gasteiger partial charge in [0, 0.05) is 39.6 Å². The van der Waals surface area contributed by atoms with Crippen molar-refractivity contribution in [1.29, 1.82) is 0 Å². The van der Waals surface area contributed by atoms with Gasteiger partial charge < -0.3 is 15.5 Å². The van der Waals surface area contributed by atoms with Gasteiger partial charge in [0.1, 0.15) is 0 Å². The van der Waals surface area contributed by atoms with E-state index in [2.05, 4.69) is 46.7 Å². The molecule has 0 radical (unpaired) electrons. The summed E-state index contributed by atoms with van der Waals surface area (Å²) in [5.41, 5.74) is 3.13. The minimum atomic E-state index is 0.162. The third kappa shape index (κ3) is 3.83. The molecule has 5 nitrogen and oxygen atoms in total. The van der Waals surface area contributed by atoms with Crippen molar-refractivity contribution in [1.82, 2.24) is 15.5 Å². The van der Waals surface area contributed by atoms with E-state index in [0.29, 0.717) is 12.3 Å². The van der Waals surface area contributed by atoms with E-state index < -0.39 is 0 Å².